The summed E-state index contributed by atoms with van der Waals surface area (Å²) >= 11 is 6.02. The minimum Gasteiger partial charge on any atom is -0.357 e. The van der Waals surface area contributed by atoms with Gasteiger partial charge in [-0.15, -0.1) is 24.0 Å². The summed E-state index contributed by atoms with van der Waals surface area (Å²) in [5.74, 6) is 1.05. The van der Waals surface area contributed by atoms with Gasteiger partial charge in [0.15, 0.2) is 5.96 Å². The van der Waals surface area contributed by atoms with Gasteiger partial charge >= 0.3 is 0 Å². The van der Waals surface area contributed by atoms with Crippen LogP contribution in [0.15, 0.2) is 53.7 Å². The lowest BCUT2D eigenvalue weighted by atomic mass is 10.1. The maximum atomic E-state index is 12.6. The van der Waals surface area contributed by atoms with Crippen molar-refractivity contribution in [2.45, 2.75) is 19.8 Å². The first-order chi connectivity index (χ1) is 14.2. The van der Waals surface area contributed by atoms with E-state index in [1.807, 2.05) is 53.6 Å². The first-order valence-electron chi connectivity index (χ1n) is 10.1. The fraction of sp³-hybridized carbons (Fsp3) is 0.409. The summed E-state index contributed by atoms with van der Waals surface area (Å²) in [6.07, 6.45) is 3.01. The zero-order valence-electron chi connectivity index (χ0n) is 17.3. The molecule has 30 heavy (non-hydrogen) atoms. The zero-order chi connectivity index (χ0) is 20.5. The number of rotatable bonds is 6. The fourth-order valence-electron chi connectivity index (χ4n) is 3.35. The number of aromatic nitrogens is 1. The third kappa shape index (κ3) is 7.43. The fourth-order valence-corrected chi connectivity index (χ4v) is 3.56. The molecule has 0 radical (unpaired) electrons. The van der Waals surface area contributed by atoms with Gasteiger partial charge < -0.3 is 15.1 Å². The molecule has 6 nitrogen and oxygen atoms in total. The van der Waals surface area contributed by atoms with Gasteiger partial charge in [-0.05, 0) is 36.8 Å². The third-order valence-electron chi connectivity index (χ3n) is 4.87. The van der Waals surface area contributed by atoms with Gasteiger partial charge in [-0.2, -0.15) is 0 Å². The van der Waals surface area contributed by atoms with E-state index in [2.05, 4.69) is 22.1 Å². The maximum absolute atomic E-state index is 12.6. The molecule has 1 N–H and O–H groups in total. The minimum absolute atomic E-state index is 0. The molecule has 0 atom stereocenters. The quantitative estimate of drug-likeness (QED) is 0.347. The topological polar surface area (TPSA) is 60.8 Å². The summed E-state index contributed by atoms with van der Waals surface area (Å²) in [6, 6.07) is 13.4. The van der Waals surface area contributed by atoms with Crippen molar-refractivity contribution in [3.63, 3.8) is 0 Å². The summed E-state index contributed by atoms with van der Waals surface area (Å²) in [5.41, 5.74) is 2.00. The van der Waals surface area contributed by atoms with E-state index in [0.29, 0.717) is 31.1 Å². The number of piperazine rings is 1. The number of hydrogen-bond acceptors (Lipinski definition) is 3. The first kappa shape index (κ1) is 24.4. The van der Waals surface area contributed by atoms with E-state index in [9.17, 15) is 4.79 Å². The Morgan fingerprint density at radius 1 is 1.13 bits per heavy atom. The lowest BCUT2D eigenvalue weighted by molar-refractivity contribution is -0.131. The van der Waals surface area contributed by atoms with E-state index >= 15 is 0 Å². The minimum atomic E-state index is 0. The highest BCUT2D eigenvalue weighted by molar-refractivity contribution is 14.0. The summed E-state index contributed by atoms with van der Waals surface area (Å²) < 4.78 is 0. The largest absolute Gasteiger partial charge is 0.357 e. The van der Waals surface area contributed by atoms with Crippen LogP contribution in [-0.2, 0) is 17.6 Å². The molecule has 1 fully saturated rings. The van der Waals surface area contributed by atoms with Gasteiger partial charge in [0.2, 0.25) is 5.91 Å². The van der Waals surface area contributed by atoms with Crippen LogP contribution in [0.3, 0.4) is 0 Å². The molecular weight excluding hydrogens is 513 g/mol. The van der Waals surface area contributed by atoms with E-state index in [1.54, 1.807) is 0 Å². The van der Waals surface area contributed by atoms with E-state index in [0.717, 1.165) is 43.3 Å². The molecule has 2 aromatic rings. The Morgan fingerprint density at radius 3 is 2.57 bits per heavy atom. The molecular formula is C22H29ClIN5O. The summed E-state index contributed by atoms with van der Waals surface area (Å²) in [4.78, 5) is 25.9. The average Bonchev–Trinajstić information content (AvgIpc) is 2.74. The zero-order valence-corrected chi connectivity index (χ0v) is 20.3. The van der Waals surface area contributed by atoms with Gasteiger partial charge in [0.1, 0.15) is 0 Å². The van der Waals surface area contributed by atoms with E-state index in [-0.39, 0.29) is 29.9 Å². The van der Waals surface area contributed by atoms with Crippen molar-refractivity contribution in [2.24, 2.45) is 4.99 Å². The molecule has 0 spiro atoms. The standard InChI is InChI=1S/C22H28ClN5O.HI/c1-2-24-22(26-11-9-20-8-3-4-10-25-20)28-14-12-27(13-15-28)21(29)17-18-6-5-7-19(23)16-18;/h3-8,10,16H,2,9,11-15,17H2,1H3,(H,24,26);1H. The highest BCUT2D eigenvalue weighted by Crippen LogP contribution is 2.13. The van der Waals surface area contributed by atoms with Crippen LogP contribution in [0.4, 0.5) is 0 Å². The Balaban J connectivity index is 0.00000320. The molecule has 1 aliphatic rings. The number of guanidine groups is 1. The van der Waals surface area contributed by atoms with Gasteiger partial charge in [0.05, 0.1) is 6.42 Å². The van der Waals surface area contributed by atoms with E-state index < -0.39 is 0 Å². The number of benzene rings is 1. The number of pyridine rings is 1. The van der Waals surface area contributed by atoms with Crippen LogP contribution in [0, 0.1) is 0 Å². The highest BCUT2D eigenvalue weighted by atomic mass is 127. The Labute approximate surface area is 200 Å². The van der Waals surface area contributed by atoms with Crippen molar-refractivity contribution >= 4 is 47.4 Å². The smallest absolute Gasteiger partial charge is 0.227 e. The monoisotopic (exact) mass is 541 g/mol. The summed E-state index contributed by atoms with van der Waals surface area (Å²) in [5, 5.41) is 4.03. The van der Waals surface area contributed by atoms with Gasteiger partial charge in [0, 0.05) is 62.6 Å². The Hall–Kier alpha value is -1.87. The molecule has 1 aromatic carbocycles. The van der Waals surface area contributed by atoms with Crippen molar-refractivity contribution in [2.75, 3.05) is 39.3 Å². The van der Waals surface area contributed by atoms with Crippen LogP contribution >= 0.6 is 35.6 Å². The second kappa shape index (κ2) is 12.7. The van der Waals surface area contributed by atoms with Gasteiger partial charge in [-0.3, -0.25) is 14.8 Å². The number of hydrogen-bond donors (Lipinski definition) is 1. The molecule has 1 aromatic heterocycles. The van der Waals surface area contributed by atoms with E-state index in [4.69, 9.17) is 16.6 Å². The van der Waals surface area contributed by atoms with Crippen molar-refractivity contribution in [3.05, 3.63) is 64.9 Å². The number of nitrogens with one attached hydrogen (secondary N) is 1. The van der Waals surface area contributed by atoms with Crippen molar-refractivity contribution < 1.29 is 4.79 Å². The number of carbonyl (C=O) groups excluding carboxylic acids is 1. The molecule has 0 saturated carbocycles. The molecule has 1 amide bonds. The second-order valence-corrected chi connectivity index (χ2v) is 7.42. The lowest BCUT2D eigenvalue weighted by Gasteiger charge is -2.36. The third-order valence-corrected chi connectivity index (χ3v) is 5.10. The highest BCUT2D eigenvalue weighted by Gasteiger charge is 2.23. The van der Waals surface area contributed by atoms with Crippen molar-refractivity contribution in [1.82, 2.24) is 20.1 Å². The van der Waals surface area contributed by atoms with E-state index in [1.165, 1.54) is 0 Å². The van der Waals surface area contributed by atoms with Crippen molar-refractivity contribution in [1.29, 1.82) is 0 Å². The lowest BCUT2D eigenvalue weighted by Crippen LogP contribution is -2.54. The van der Waals surface area contributed by atoms with Gasteiger partial charge in [-0.1, -0.05) is 29.8 Å². The first-order valence-corrected chi connectivity index (χ1v) is 10.5. The van der Waals surface area contributed by atoms with Crippen LogP contribution < -0.4 is 5.32 Å². The van der Waals surface area contributed by atoms with Gasteiger partial charge in [0.25, 0.3) is 0 Å². The summed E-state index contributed by atoms with van der Waals surface area (Å²) in [6.45, 7) is 6.52. The Bertz CT molecular complexity index is 825. The van der Waals surface area contributed by atoms with Crippen LogP contribution in [-0.4, -0.2) is 65.9 Å². The number of aliphatic imine (C=N–C) groups is 1. The van der Waals surface area contributed by atoms with Crippen LogP contribution in [0.1, 0.15) is 18.2 Å². The molecule has 2 heterocycles. The molecule has 3 rings (SSSR count). The molecule has 1 saturated heterocycles. The van der Waals surface area contributed by atoms with Crippen molar-refractivity contribution in [3.8, 4) is 0 Å². The molecule has 162 valence electrons. The number of carbonyl (C=O) groups is 1. The predicted molar refractivity (Wildman–Crippen MR) is 133 cm³/mol. The number of nitrogens with zero attached hydrogens (tertiary/aromatic N) is 4. The molecule has 0 unspecified atom stereocenters. The Morgan fingerprint density at radius 2 is 1.90 bits per heavy atom. The number of amides is 1. The molecule has 8 heteroatoms. The molecule has 0 aliphatic carbocycles. The van der Waals surface area contributed by atoms with Crippen LogP contribution in [0.25, 0.3) is 0 Å². The predicted octanol–water partition coefficient (Wildman–Crippen LogP) is 3.25. The average molecular weight is 542 g/mol. The molecule has 0 bridgehead atoms. The van der Waals surface area contributed by atoms with Crippen LogP contribution in [0.2, 0.25) is 5.02 Å². The number of halogens is 2. The summed E-state index contributed by atoms with van der Waals surface area (Å²) in [7, 11) is 0. The van der Waals surface area contributed by atoms with Gasteiger partial charge in [-0.25, -0.2) is 0 Å². The molecule has 1 aliphatic heterocycles. The maximum Gasteiger partial charge on any atom is 0.227 e. The second-order valence-electron chi connectivity index (χ2n) is 6.98. The SMILES string of the molecule is CCNC(=NCCc1ccccn1)N1CCN(C(=O)Cc2cccc(Cl)c2)CC1.I. The normalized spacial score (nSPS) is 14.3. The Kier molecular flexibility index (Phi) is 10.4. The van der Waals surface area contributed by atoms with Crippen LogP contribution in [0.5, 0.6) is 0 Å².